The molecule has 1 aromatic heterocycles. The first-order chi connectivity index (χ1) is 11.3. The van der Waals surface area contributed by atoms with Gasteiger partial charge in [-0.2, -0.15) is 13.2 Å². The van der Waals surface area contributed by atoms with E-state index in [4.69, 9.17) is 17.3 Å². The number of alkyl halides is 3. The number of aromatic nitrogens is 1. The first-order valence-electron chi connectivity index (χ1n) is 7.16. The molecule has 126 valence electrons. The standard InChI is InChI=1S/C16H13ClF3N3O/c17-13-6-11(16(18,19)20)3-1-10(13)8-23-14(24)4-2-9-5-12(21)7-22-15(9)23/h1,3,5-7H,2,4,8,21H2. The number of carbonyl (C=O) groups is 1. The summed E-state index contributed by atoms with van der Waals surface area (Å²) in [4.78, 5) is 17.8. The number of rotatable bonds is 2. The summed E-state index contributed by atoms with van der Waals surface area (Å²) in [6, 6.07) is 4.84. The predicted octanol–water partition coefficient (Wildman–Crippen LogP) is 3.82. The van der Waals surface area contributed by atoms with Crippen molar-refractivity contribution in [3.63, 3.8) is 0 Å². The summed E-state index contributed by atoms with van der Waals surface area (Å²) in [5.41, 5.74) is 6.62. The molecule has 0 saturated carbocycles. The molecule has 1 amide bonds. The number of nitrogens with zero attached hydrogens (tertiary/aromatic N) is 2. The molecule has 0 saturated heterocycles. The van der Waals surface area contributed by atoms with E-state index in [0.717, 1.165) is 17.7 Å². The molecule has 4 nitrogen and oxygen atoms in total. The number of benzene rings is 1. The fourth-order valence-corrected chi connectivity index (χ4v) is 2.87. The number of carbonyl (C=O) groups excluding carboxylic acids is 1. The van der Waals surface area contributed by atoms with Gasteiger partial charge in [-0.05, 0) is 35.7 Å². The average molecular weight is 356 g/mol. The second-order valence-corrected chi connectivity index (χ2v) is 5.94. The van der Waals surface area contributed by atoms with Crippen molar-refractivity contribution in [1.82, 2.24) is 4.98 Å². The molecule has 1 aliphatic heterocycles. The van der Waals surface area contributed by atoms with Crippen molar-refractivity contribution in [2.75, 3.05) is 10.6 Å². The van der Waals surface area contributed by atoms with Crippen molar-refractivity contribution in [2.45, 2.75) is 25.6 Å². The largest absolute Gasteiger partial charge is 0.416 e. The van der Waals surface area contributed by atoms with E-state index < -0.39 is 11.7 Å². The number of anilines is 2. The molecule has 0 aliphatic carbocycles. The number of amides is 1. The number of aryl methyl sites for hydroxylation is 1. The fourth-order valence-electron chi connectivity index (χ4n) is 2.63. The van der Waals surface area contributed by atoms with Gasteiger partial charge in [0.15, 0.2) is 0 Å². The van der Waals surface area contributed by atoms with Crippen molar-refractivity contribution in [3.05, 3.63) is 52.2 Å². The highest BCUT2D eigenvalue weighted by Crippen LogP contribution is 2.34. The lowest BCUT2D eigenvalue weighted by molar-refractivity contribution is -0.137. The second-order valence-electron chi connectivity index (χ2n) is 5.54. The molecule has 2 aromatic rings. The van der Waals surface area contributed by atoms with E-state index in [9.17, 15) is 18.0 Å². The van der Waals surface area contributed by atoms with Crippen LogP contribution in [-0.2, 0) is 23.9 Å². The molecule has 0 atom stereocenters. The van der Waals surface area contributed by atoms with Crippen molar-refractivity contribution in [2.24, 2.45) is 0 Å². The maximum Gasteiger partial charge on any atom is 0.416 e. The molecule has 3 rings (SSSR count). The highest BCUT2D eigenvalue weighted by Gasteiger charge is 2.31. The minimum Gasteiger partial charge on any atom is -0.397 e. The number of nitrogen functional groups attached to an aromatic ring is 1. The van der Waals surface area contributed by atoms with Gasteiger partial charge in [0, 0.05) is 11.4 Å². The van der Waals surface area contributed by atoms with Crippen LogP contribution in [0.15, 0.2) is 30.5 Å². The summed E-state index contributed by atoms with van der Waals surface area (Å²) in [5.74, 6) is 0.312. The maximum absolute atomic E-state index is 12.7. The van der Waals surface area contributed by atoms with Crippen LogP contribution in [0.25, 0.3) is 0 Å². The van der Waals surface area contributed by atoms with E-state index in [1.54, 1.807) is 6.07 Å². The van der Waals surface area contributed by atoms with E-state index >= 15 is 0 Å². The zero-order chi connectivity index (χ0) is 17.5. The summed E-state index contributed by atoms with van der Waals surface area (Å²) in [6.45, 7) is 0.0553. The third-order valence-electron chi connectivity index (χ3n) is 3.84. The SMILES string of the molecule is Nc1cnc2c(c1)CCC(=O)N2Cc1ccc(C(F)(F)F)cc1Cl. The number of fused-ring (bicyclic) bond motifs is 1. The van der Waals surface area contributed by atoms with Crippen LogP contribution >= 0.6 is 11.6 Å². The van der Waals surface area contributed by atoms with Gasteiger partial charge in [-0.15, -0.1) is 0 Å². The third-order valence-corrected chi connectivity index (χ3v) is 4.19. The normalized spacial score (nSPS) is 14.7. The van der Waals surface area contributed by atoms with Crippen LogP contribution in [0.3, 0.4) is 0 Å². The first kappa shape index (κ1) is 16.6. The molecule has 0 bridgehead atoms. The molecule has 2 heterocycles. The number of halogens is 4. The number of nitrogens with two attached hydrogens (primary N) is 1. The third kappa shape index (κ3) is 3.17. The molecule has 1 aliphatic rings. The molecule has 8 heteroatoms. The highest BCUT2D eigenvalue weighted by atomic mass is 35.5. The molecule has 0 radical (unpaired) electrons. The Morgan fingerprint density at radius 1 is 1.25 bits per heavy atom. The van der Waals surface area contributed by atoms with Crippen molar-refractivity contribution in [3.8, 4) is 0 Å². The van der Waals surface area contributed by atoms with Crippen molar-refractivity contribution in [1.29, 1.82) is 0 Å². The summed E-state index contributed by atoms with van der Waals surface area (Å²) in [6.07, 6.45) is -2.20. The van der Waals surface area contributed by atoms with Crippen molar-refractivity contribution >= 4 is 29.0 Å². The Kier molecular flexibility index (Phi) is 4.13. The summed E-state index contributed by atoms with van der Waals surface area (Å²) in [5, 5.41) is -0.0415. The highest BCUT2D eigenvalue weighted by molar-refractivity contribution is 6.31. The minimum absolute atomic E-state index is 0.0415. The van der Waals surface area contributed by atoms with E-state index in [0.29, 0.717) is 23.5 Å². The quantitative estimate of drug-likeness (QED) is 0.891. The van der Waals surface area contributed by atoms with E-state index in [1.807, 2.05) is 0 Å². The van der Waals surface area contributed by atoms with E-state index in [1.165, 1.54) is 17.2 Å². The lowest BCUT2D eigenvalue weighted by atomic mass is 10.0. The molecule has 24 heavy (non-hydrogen) atoms. The van der Waals surface area contributed by atoms with Crippen LogP contribution in [0, 0.1) is 0 Å². The van der Waals surface area contributed by atoms with Gasteiger partial charge in [0.05, 0.1) is 24.0 Å². The topological polar surface area (TPSA) is 59.2 Å². The maximum atomic E-state index is 12.7. The zero-order valence-corrected chi connectivity index (χ0v) is 13.2. The van der Waals surface area contributed by atoms with Gasteiger partial charge in [0.2, 0.25) is 5.91 Å². The smallest absolute Gasteiger partial charge is 0.397 e. The Morgan fingerprint density at radius 2 is 2.00 bits per heavy atom. The number of hydrogen-bond donors (Lipinski definition) is 1. The Bertz CT molecular complexity index is 808. The first-order valence-corrected chi connectivity index (χ1v) is 7.54. The summed E-state index contributed by atoms with van der Waals surface area (Å²) in [7, 11) is 0. The van der Waals surface area contributed by atoms with Crippen LogP contribution in [-0.4, -0.2) is 10.9 Å². The van der Waals surface area contributed by atoms with Gasteiger partial charge in [-0.3, -0.25) is 9.69 Å². The zero-order valence-electron chi connectivity index (χ0n) is 12.4. The van der Waals surface area contributed by atoms with E-state index in [-0.39, 0.29) is 23.9 Å². The fraction of sp³-hybridized carbons (Fsp3) is 0.250. The van der Waals surface area contributed by atoms with Gasteiger partial charge in [-0.25, -0.2) is 4.98 Å². The number of hydrogen-bond acceptors (Lipinski definition) is 3. The number of pyridine rings is 1. The Labute approximate surface area is 141 Å². The van der Waals surface area contributed by atoms with Crippen LogP contribution in [0.2, 0.25) is 5.02 Å². The van der Waals surface area contributed by atoms with Crippen LogP contribution in [0.1, 0.15) is 23.1 Å². The van der Waals surface area contributed by atoms with Crippen LogP contribution in [0.5, 0.6) is 0 Å². The van der Waals surface area contributed by atoms with Gasteiger partial charge in [-0.1, -0.05) is 17.7 Å². The van der Waals surface area contributed by atoms with Crippen molar-refractivity contribution < 1.29 is 18.0 Å². The second kappa shape index (κ2) is 5.98. The lowest BCUT2D eigenvalue weighted by Crippen LogP contribution is -2.35. The van der Waals surface area contributed by atoms with Crippen LogP contribution in [0.4, 0.5) is 24.7 Å². The molecule has 2 N–H and O–H groups in total. The molecule has 1 aromatic carbocycles. The Morgan fingerprint density at radius 3 is 2.67 bits per heavy atom. The van der Waals surface area contributed by atoms with Gasteiger partial charge in [0.25, 0.3) is 0 Å². The van der Waals surface area contributed by atoms with E-state index in [2.05, 4.69) is 4.98 Å². The predicted molar refractivity (Wildman–Crippen MR) is 84.6 cm³/mol. The van der Waals surface area contributed by atoms with Gasteiger partial charge in [0.1, 0.15) is 5.82 Å². The molecule has 0 unspecified atom stereocenters. The van der Waals surface area contributed by atoms with Crippen LogP contribution < -0.4 is 10.6 Å². The van der Waals surface area contributed by atoms with Gasteiger partial charge >= 0.3 is 6.18 Å². The molecule has 0 spiro atoms. The molecule has 0 fully saturated rings. The molecular weight excluding hydrogens is 343 g/mol. The average Bonchev–Trinajstić information content (AvgIpc) is 2.50. The monoisotopic (exact) mass is 355 g/mol. The summed E-state index contributed by atoms with van der Waals surface area (Å²) >= 11 is 5.98. The Hall–Kier alpha value is -2.28. The minimum atomic E-state index is -4.46. The molecular formula is C16H13ClF3N3O. The van der Waals surface area contributed by atoms with Gasteiger partial charge < -0.3 is 5.73 Å². The summed E-state index contributed by atoms with van der Waals surface area (Å²) < 4.78 is 38.1. The lowest BCUT2D eigenvalue weighted by Gasteiger charge is -2.28. The Balaban J connectivity index is 1.93.